The lowest BCUT2D eigenvalue weighted by molar-refractivity contribution is -0.0402. The third-order valence-corrected chi connectivity index (χ3v) is 3.90. The number of methoxy groups -OCH3 is 2. The number of ether oxygens (including phenoxy) is 4. The molecular formula is C15H20O4. The molecule has 2 aliphatic rings. The topological polar surface area (TPSA) is 40.2 Å². The van der Waals surface area contributed by atoms with Gasteiger partial charge in [0.15, 0.2) is 0 Å². The number of epoxide rings is 1. The van der Waals surface area contributed by atoms with Gasteiger partial charge in [-0.25, -0.2) is 0 Å². The van der Waals surface area contributed by atoms with Crippen molar-refractivity contribution in [2.45, 2.75) is 31.2 Å². The second-order valence-electron chi connectivity index (χ2n) is 5.12. The van der Waals surface area contributed by atoms with E-state index in [2.05, 4.69) is 6.07 Å². The van der Waals surface area contributed by atoms with Gasteiger partial charge in [0, 0.05) is 32.6 Å². The molecule has 0 aromatic heterocycles. The van der Waals surface area contributed by atoms with Crippen LogP contribution in [0.5, 0.6) is 5.75 Å². The molecule has 0 N–H and O–H groups in total. The minimum atomic E-state index is 0.0967. The van der Waals surface area contributed by atoms with Crippen molar-refractivity contribution in [2.24, 2.45) is 0 Å². The van der Waals surface area contributed by atoms with Crippen molar-refractivity contribution in [1.29, 1.82) is 0 Å². The summed E-state index contributed by atoms with van der Waals surface area (Å²) in [6.45, 7) is 1.46. The minimum Gasteiger partial charge on any atom is -0.490 e. The van der Waals surface area contributed by atoms with E-state index in [0.29, 0.717) is 6.61 Å². The predicted molar refractivity (Wildman–Crippen MR) is 70.7 cm³/mol. The molecule has 1 aliphatic heterocycles. The molecule has 1 fully saturated rings. The number of hydrogen-bond acceptors (Lipinski definition) is 4. The number of rotatable bonds is 5. The number of fused-ring (bicyclic) bond motifs is 1. The van der Waals surface area contributed by atoms with E-state index in [1.807, 2.05) is 12.1 Å². The maximum absolute atomic E-state index is 5.87. The molecule has 4 heteroatoms. The maximum atomic E-state index is 5.87. The molecule has 0 unspecified atom stereocenters. The summed E-state index contributed by atoms with van der Waals surface area (Å²) in [7, 11) is 3.48. The lowest BCUT2D eigenvalue weighted by atomic mass is 9.87. The van der Waals surface area contributed by atoms with Crippen LogP contribution in [0, 0.1) is 0 Å². The first-order chi connectivity index (χ1) is 9.31. The van der Waals surface area contributed by atoms with Gasteiger partial charge >= 0.3 is 0 Å². The number of benzene rings is 1. The molecule has 0 saturated carbocycles. The van der Waals surface area contributed by atoms with E-state index in [9.17, 15) is 0 Å². The van der Waals surface area contributed by atoms with Crippen LogP contribution < -0.4 is 4.74 Å². The fraction of sp³-hybridized carbons (Fsp3) is 0.600. The molecule has 0 radical (unpaired) electrons. The van der Waals surface area contributed by atoms with Crippen molar-refractivity contribution < 1.29 is 18.9 Å². The largest absolute Gasteiger partial charge is 0.490 e. The Balaban J connectivity index is 1.80. The molecule has 1 aliphatic carbocycles. The summed E-state index contributed by atoms with van der Waals surface area (Å²) < 4.78 is 22.1. The molecule has 1 aromatic rings. The van der Waals surface area contributed by atoms with Gasteiger partial charge in [0.25, 0.3) is 0 Å². The first kappa shape index (κ1) is 12.9. The van der Waals surface area contributed by atoms with E-state index in [-0.39, 0.29) is 18.3 Å². The average molecular weight is 264 g/mol. The molecule has 1 heterocycles. The molecule has 4 nitrogen and oxygen atoms in total. The zero-order chi connectivity index (χ0) is 13.2. The van der Waals surface area contributed by atoms with E-state index in [0.717, 1.165) is 25.2 Å². The van der Waals surface area contributed by atoms with Crippen molar-refractivity contribution >= 4 is 0 Å². The van der Waals surface area contributed by atoms with E-state index >= 15 is 0 Å². The third kappa shape index (κ3) is 2.76. The van der Waals surface area contributed by atoms with Crippen molar-refractivity contribution in [3.05, 3.63) is 29.3 Å². The van der Waals surface area contributed by atoms with E-state index in [1.54, 1.807) is 14.2 Å². The van der Waals surface area contributed by atoms with Crippen molar-refractivity contribution in [3.63, 3.8) is 0 Å². The maximum Gasteiger partial charge on any atom is 0.123 e. The highest BCUT2D eigenvalue weighted by Crippen LogP contribution is 2.32. The molecule has 1 saturated heterocycles. The molecular weight excluding hydrogens is 244 g/mol. The van der Waals surface area contributed by atoms with Gasteiger partial charge in [-0.2, -0.15) is 0 Å². The van der Waals surface area contributed by atoms with E-state index < -0.39 is 0 Å². The predicted octanol–water partition coefficient (Wildman–Crippen LogP) is 1.59. The Labute approximate surface area is 113 Å². The van der Waals surface area contributed by atoms with Crippen LogP contribution in [0.1, 0.15) is 11.1 Å². The van der Waals surface area contributed by atoms with E-state index in [1.165, 1.54) is 11.1 Å². The highest BCUT2D eigenvalue weighted by Gasteiger charge is 2.31. The normalized spacial score (nSPS) is 28.8. The van der Waals surface area contributed by atoms with Gasteiger partial charge < -0.3 is 18.9 Å². The second kappa shape index (κ2) is 5.49. The summed E-state index contributed by atoms with van der Waals surface area (Å²) in [5.74, 6) is 0.963. The van der Waals surface area contributed by atoms with Crippen LogP contribution in [0.3, 0.4) is 0 Å². The molecule has 104 valence electrons. The lowest BCUT2D eigenvalue weighted by Crippen LogP contribution is -2.38. The molecule has 0 amide bonds. The van der Waals surface area contributed by atoms with Crippen molar-refractivity contribution in [3.8, 4) is 5.75 Å². The van der Waals surface area contributed by atoms with Gasteiger partial charge in [-0.3, -0.25) is 0 Å². The molecule has 0 bridgehead atoms. The Morgan fingerprint density at radius 2 is 1.89 bits per heavy atom. The van der Waals surface area contributed by atoms with Gasteiger partial charge in [0.05, 0.1) is 18.8 Å². The van der Waals surface area contributed by atoms with Gasteiger partial charge in [-0.1, -0.05) is 12.1 Å². The first-order valence-corrected chi connectivity index (χ1v) is 6.72. The summed E-state index contributed by atoms with van der Waals surface area (Å²) in [6.07, 6.45) is 2.22. The quantitative estimate of drug-likeness (QED) is 0.757. The fourth-order valence-electron chi connectivity index (χ4n) is 2.67. The van der Waals surface area contributed by atoms with Gasteiger partial charge in [0.2, 0.25) is 0 Å². The van der Waals surface area contributed by atoms with Crippen LogP contribution in [0.4, 0.5) is 0 Å². The van der Waals surface area contributed by atoms with Crippen LogP contribution in [-0.2, 0) is 27.1 Å². The van der Waals surface area contributed by atoms with Gasteiger partial charge in [0.1, 0.15) is 18.5 Å². The fourth-order valence-corrected chi connectivity index (χ4v) is 2.67. The highest BCUT2D eigenvalue weighted by molar-refractivity contribution is 5.43. The standard InChI is InChI=1S/C15H20O4/c1-16-14-6-10-4-3-5-13(19-9-11-8-18-11)12(10)7-15(14)17-2/h3-5,11,14-15H,6-9H2,1-2H3/t11-,14+,15+/m0/s1. The molecule has 1 aromatic carbocycles. The molecule has 3 rings (SSSR count). The molecule has 19 heavy (non-hydrogen) atoms. The zero-order valence-corrected chi connectivity index (χ0v) is 11.4. The smallest absolute Gasteiger partial charge is 0.123 e. The highest BCUT2D eigenvalue weighted by atomic mass is 16.6. The Morgan fingerprint density at radius 3 is 2.58 bits per heavy atom. The summed E-state index contributed by atoms with van der Waals surface area (Å²) in [5, 5.41) is 0. The monoisotopic (exact) mass is 264 g/mol. The van der Waals surface area contributed by atoms with Crippen LogP contribution in [0.2, 0.25) is 0 Å². The Morgan fingerprint density at radius 1 is 1.16 bits per heavy atom. The van der Waals surface area contributed by atoms with Gasteiger partial charge in [-0.15, -0.1) is 0 Å². The zero-order valence-electron chi connectivity index (χ0n) is 11.4. The Bertz CT molecular complexity index is 442. The van der Waals surface area contributed by atoms with Crippen LogP contribution >= 0.6 is 0 Å². The van der Waals surface area contributed by atoms with Crippen molar-refractivity contribution in [1.82, 2.24) is 0 Å². The number of hydrogen-bond donors (Lipinski definition) is 0. The Kier molecular flexibility index (Phi) is 3.73. The average Bonchev–Trinajstić information content (AvgIpc) is 3.27. The Hall–Kier alpha value is -1.10. The van der Waals surface area contributed by atoms with Crippen LogP contribution in [0.25, 0.3) is 0 Å². The summed E-state index contributed by atoms with van der Waals surface area (Å²) in [4.78, 5) is 0. The van der Waals surface area contributed by atoms with E-state index in [4.69, 9.17) is 18.9 Å². The second-order valence-corrected chi connectivity index (χ2v) is 5.12. The summed E-state index contributed by atoms with van der Waals surface area (Å²) in [5.41, 5.74) is 2.55. The summed E-state index contributed by atoms with van der Waals surface area (Å²) in [6, 6.07) is 6.22. The minimum absolute atomic E-state index is 0.0967. The lowest BCUT2D eigenvalue weighted by Gasteiger charge is -2.32. The summed E-state index contributed by atoms with van der Waals surface area (Å²) >= 11 is 0. The van der Waals surface area contributed by atoms with Crippen LogP contribution in [0.15, 0.2) is 18.2 Å². The van der Waals surface area contributed by atoms with Crippen LogP contribution in [-0.4, -0.2) is 45.7 Å². The molecule has 0 spiro atoms. The third-order valence-electron chi connectivity index (χ3n) is 3.90. The SMILES string of the molecule is CO[C@@H]1Cc2cccc(OC[C@@H]3CO3)c2C[C@H]1OC. The van der Waals surface area contributed by atoms with Gasteiger partial charge in [-0.05, 0) is 11.6 Å². The molecule has 3 atom stereocenters. The van der Waals surface area contributed by atoms with Crippen molar-refractivity contribution in [2.75, 3.05) is 27.4 Å². The first-order valence-electron chi connectivity index (χ1n) is 6.72.